The molecule has 1 aromatic carbocycles. The second-order valence-corrected chi connectivity index (χ2v) is 6.17. The van der Waals surface area contributed by atoms with Crippen LogP contribution < -0.4 is 0 Å². The van der Waals surface area contributed by atoms with Gasteiger partial charge in [0.05, 0.1) is 10.6 Å². The van der Waals surface area contributed by atoms with Crippen molar-refractivity contribution in [2.24, 2.45) is 5.92 Å². The van der Waals surface area contributed by atoms with Gasteiger partial charge in [-0.25, -0.2) is 12.8 Å². The molecule has 1 rings (SSSR count). The maximum atomic E-state index is 12.9. The van der Waals surface area contributed by atoms with Gasteiger partial charge in [-0.1, -0.05) is 26.3 Å². The summed E-state index contributed by atoms with van der Waals surface area (Å²) in [6.07, 6.45) is 1.83. The molecular formula is C12H17FO2S. The molecule has 16 heavy (non-hydrogen) atoms. The molecule has 0 amide bonds. The Labute approximate surface area is 96.4 Å². The Bertz CT molecular complexity index is 440. The summed E-state index contributed by atoms with van der Waals surface area (Å²) in [6.45, 7) is 3.92. The SMILES string of the molecule is CCCC(C)CS(=O)(=O)c1cccc(F)c1. The van der Waals surface area contributed by atoms with E-state index in [9.17, 15) is 12.8 Å². The van der Waals surface area contributed by atoms with Gasteiger partial charge in [0.1, 0.15) is 5.82 Å². The summed E-state index contributed by atoms with van der Waals surface area (Å²) in [5.41, 5.74) is 0. The highest BCUT2D eigenvalue weighted by molar-refractivity contribution is 7.91. The van der Waals surface area contributed by atoms with E-state index in [0.717, 1.165) is 18.9 Å². The Morgan fingerprint density at radius 2 is 2.06 bits per heavy atom. The summed E-state index contributed by atoms with van der Waals surface area (Å²) in [5, 5.41) is 0. The van der Waals surface area contributed by atoms with Crippen LogP contribution in [0.3, 0.4) is 0 Å². The molecule has 1 aromatic rings. The van der Waals surface area contributed by atoms with Gasteiger partial charge in [0, 0.05) is 0 Å². The number of sulfone groups is 1. The maximum Gasteiger partial charge on any atom is 0.178 e. The van der Waals surface area contributed by atoms with E-state index in [4.69, 9.17) is 0 Å². The minimum atomic E-state index is -3.34. The molecule has 90 valence electrons. The predicted octanol–water partition coefficient (Wildman–Crippen LogP) is 3.04. The molecule has 0 saturated heterocycles. The molecule has 0 aliphatic heterocycles. The lowest BCUT2D eigenvalue weighted by molar-refractivity contribution is 0.544. The van der Waals surface area contributed by atoms with E-state index in [1.807, 2.05) is 13.8 Å². The molecule has 0 aromatic heterocycles. The van der Waals surface area contributed by atoms with Crippen LogP contribution in [0, 0.1) is 11.7 Å². The second kappa shape index (κ2) is 5.43. The normalized spacial score (nSPS) is 13.7. The molecule has 4 heteroatoms. The highest BCUT2D eigenvalue weighted by Gasteiger charge is 2.18. The summed E-state index contributed by atoms with van der Waals surface area (Å²) >= 11 is 0. The Morgan fingerprint density at radius 3 is 2.62 bits per heavy atom. The van der Waals surface area contributed by atoms with Crippen LogP contribution in [0.4, 0.5) is 4.39 Å². The summed E-state index contributed by atoms with van der Waals surface area (Å²) in [4.78, 5) is 0.0791. The zero-order valence-electron chi connectivity index (χ0n) is 9.61. The topological polar surface area (TPSA) is 34.1 Å². The number of hydrogen-bond acceptors (Lipinski definition) is 2. The van der Waals surface area contributed by atoms with Gasteiger partial charge in [-0.15, -0.1) is 0 Å². The zero-order valence-corrected chi connectivity index (χ0v) is 10.4. The fourth-order valence-electron chi connectivity index (χ4n) is 1.71. The highest BCUT2D eigenvalue weighted by Crippen LogP contribution is 2.17. The van der Waals surface area contributed by atoms with Crippen LogP contribution in [-0.2, 0) is 9.84 Å². The Balaban J connectivity index is 2.86. The van der Waals surface area contributed by atoms with Gasteiger partial charge in [0.25, 0.3) is 0 Å². The van der Waals surface area contributed by atoms with Gasteiger partial charge in [0.2, 0.25) is 0 Å². The third-order valence-electron chi connectivity index (χ3n) is 2.44. The smallest absolute Gasteiger partial charge is 0.178 e. The minimum Gasteiger partial charge on any atom is -0.224 e. The van der Waals surface area contributed by atoms with Crippen LogP contribution in [0.1, 0.15) is 26.7 Å². The van der Waals surface area contributed by atoms with Crippen LogP contribution in [0.25, 0.3) is 0 Å². The molecule has 0 aliphatic rings. The highest BCUT2D eigenvalue weighted by atomic mass is 32.2. The van der Waals surface area contributed by atoms with Crippen molar-refractivity contribution in [1.82, 2.24) is 0 Å². The van der Waals surface area contributed by atoms with E-state index >= 15 is 0 Å². The van der Waals surface area contributed by atoms with Gasteiger partial charge in [-0.3, -0.25) is 0 Å². The van der Waals surface area contributed by atoms with Gasteiger partial charge in [0.15, 0.2) is 9.84 Å². The summed E-state index contributed by atoms with van der Waals surface area (Å²) < 4.78 is 36.7. The van der Waals surface area contributed by atoms with E-state index in [1.165, 1.54) is 18.2 Å². The van der Waals surface area contributed by atoms with Gasteiger partial charge < -0.3 is 0 Å². The molecule has 0 bridgehead atoms. The first-order valence-corrected chi connectivity index (χ1v) is 7.09. The molecular weight excluding hydrogens is 227 g/mol. The van der Waals surface area contributed by atoms with Crippen LogP contribution in [0.15, 0.2) is 29.2 Å². The summed E-state index contributed by atoms with van der Waals surface area (Å²) in [7, 11) is -3.34. The number of hydrogen-bond donors (Lipinski definition) is 0. The molecule has 0 fully saturated rings. The van der Waals surface area contributed by atoms with E-state index < -0.39 is 15.7 Å². The summed E-state index contributed by atoms with van der Waals surface area (Å²) in [5.74, 6) is -0.313. The van der Waals surface area contributed by atoms with Crippen molar-refractivity contribution < 1.29 is 12.8 Å². The lowest BCUT2D eigenvalue weighted by Gasteiger charge is -2.10. The zero-order chi connectivity index (χ0) is 12.2. The molecule has 1 unspecified atom stereocenters. The quantitative estimate of drug-likeness (QED) is 0.797. The van der Waals surface area contributed by atoms with Gasteiger partial charge in [-0.05, 0) is 30.5 Å². The van der Waals surface area contributed by atoms with E-state index in [2.05, 4.69) is 0 Å². The Kier molecular flexibility index (Phi) is 4.47. The molecule has 1 atom stereocenters. The van der Waals surface area contributed by atoms with Crippen molar-refractivity contribution in [3.8, 4) is 0 Å². The van der Waals surface area contributed by atoms with Crippen LogP contribution in [0.5, 0.6) is 0 Å². The summed E-state index contributed by atoms with van der Waals surface area (Å²) in [6, 6.07) is 5.19. The van der Waals surface area contributed by atoms with Crippen molar-refractivity contribution in [2.45, 2.75) is 31.6 Å². The van der Waals surface area contributed by atoms with Crippen LogP contribution in [0.2, 0.25) is 0 Å². The molecule has 0 saturated carbocycles. The third-order valence-corrected chi connectivity index (χ3v) is 4.42. The average molecular weight is 244 g/mol. The standard InChI is InChI=1S/C12H17FO2S/c1-3-5-10(2)9-16(14,15)12-7-4-6-11(13)8-12/h4,6-8,10H,3,5,9H2,1-2H3. The van der Waals surface area contributed by atoms with Crippen molar-refractivity contribution in [3.63, 3.8) is 0 Å². The first-order valence-electron chi connectivity index (χ1n) is 5.44. The predicted molar refractivity (Wildman–Crippen MR) is 62.5 cm³/mol. The first kappa shape index (κ1) is 13.2. The Morgan fingerprint density at radius 1 is 1.38 bits per heavy atom. The average Bonchev–Trinajstić information content (AvgIpc) is 2.17. The van der Waals surface area contributed by atoms with Crippen LogP contribution in [-0.4, -0.2) is 14.2 Å². The maximum absolute atomic E-state index is 12.9. The van der Waals surface area contributed by atoms with Crippen molar-refractivity contribution in [2.75, 3.05) is 5.75 Å². The fourth-order valence-corrected chi connectivity index (χ4v) is 3.39. The van der Waals surface area contributed by atoms with E-state index in [0.29, 0.717) is 0 Å². The number of benzene rings is 1. The molecule has 0 spiro atoms. The first-order chi connectivity index (χ1) is 7.45. The molecule has 0 radical (unpaired) electrons. The fraction of sp³-hybridized carbons (Fsp3) is 0.500. The lowest BCUT2D eigenvalue weighted by Crippen LogP contribution is -2.14. The molecule has 0 N–H and O–H groups in total. The van der Waals surface area contributed by atoms with Crippen molar-refractivity contribution >= 4 is 9.84 Å². The van der Waals surface area contributed by atoms with Gasteiger partial charge in [-0.2, -0.15) is 0 Å². The molecule has 0 heterocycles. The number of rotatable bonds is 5. The van der Waals surface area contributed by atoms with E-state index in [-0.39, 0.29) is 16.6 Å². The van der Waals surface area contributed by atoms with Crippen molar-refractivity contribution in [3.05, 3.63) is 30.1 Å². The minimum absolute atomic E-state index is 0.0791. The molecule has 2 nitrogen and oxygen atoms in total. The van der Waals surface area contributed by atoms with Gasteiger partial charge >= 0.3 is 0 Å². The largest absolute Gasteiger partial charge is 0.224 e. The number of halogens is 1. The van der Waals surface area contributed by atoms with E-state index in [1.54, 1.807) is 0 Å². The monoisotopic (exact) mass is 244 g/mol. The second-order valence-electron chi connectivity index (χ2n) is 4.13. The Hall–Kier alpha value is -0.900. The lowest BCUT2D eigenvalue weighted by atomic mass is 10.1. The van der Waals surface area contributed by atoms with Crippen molar-refractivity contribution in [1.29, 1.82) is 0 Å². The van der Waals surface area contributed by atoms with Crippen LogP contribution >= 0.6 is 0 Å². The third kappa shape index (κ3) is 3.59. The molecule has 0 aliphatic carbocycles.